The monoisotopic (exact) mass is 426 g/mol. The Hall–Kier alpha value is -3.20. The van der Waals surface area contributed by atoms with E-state index in [9.17, 15) is 9.59 Å². The zero-order valence-electron chi connectivity index (χ0n) is 18.8. The van der Waals surface area contributed by atoms with E-state index in [1.165, 1.54) is 16.7 Å². The zero-order valence-corrected chi connectivity index (χ0v) is 18.8. The Labute approximate surface area is 190 Å². The summed E-state index contributed by atoms with van der Waals surface area (Å²) in [6.07, 6.45) is 3.63. The molecule has 0 unspecified atom stereocenters. The molecule has 3 aromatic rings. The fourth-order valence-electron chi connectivity index (χ4n) is 4.90. The van der Waals surface area contributed by atoms with Crippen molar-refractivity contribution in [1.29, 1.82) is 0 Å². The first kappa shape index (κ1) is 22.0. The number of ketones is 1. The van der Waals surface area contributed by atoms with E-state index in [0.29, 0.717) is 5.56 Å². The average Bonchev–Trinajstić information content (AvgIpc) is 2.85. The van der Waals surface area contributed by atoms with Gasteiger partial charge in [0.15, 0.2) is 0 Å². The van der Waals surface area contributed by atoms with E-state index >= 15 is 0 Å². The fraction of sp³-hybridized carbons (Fsp3) is 0.310. The molecule has 32 heavy (non-hydrogen) atoms. The highest BCUT2D eigenvalue weighted by atomic mass is 16.5. The van der Waals surface area contributed by atoms with Crippen molar-refractivity contribution in [3.63, 3.8) is 0 Å². The van der Waals surface area contributed by atoms with Gasteiger partial charge < -0.3 is 4.74 Å². The van der Waals surface area contributed by atoms with Crippen molar-refractivity contribution >= 4 is 11.8 Å². The van der Waals surface area contributed by atoms with Gasteiger partial charge in [0.05, 0.1) is 0 Å². The normalized spacial score (nSPS) is 18.7. The summed E-state index contributed by atoms with van der Waals surface area (Å²) in [5, 5.41) is 0. The van der Waals surface area contributed by atoms with Crippen molar-refractivity contribution < 1.29 is 14.3 Å². The van der Waals surface area contributed by atoms with E-state index < -0.39 is 11.8 Å². The molecule has 1 aliphatic rings. The quantitative estimate of drug-likeness (QED) is 0.253. The second kappa shape index (κ2) is 9.52. The highest BCUT2D eigenvalue weighted by molar-refractivity contribution is 6.40. The lowest BCUT2D eigenvalue weighted by Gasteiger charge is -2.42. The van der Waals surface area contributed by atoms with Crippen LogP contribution in [-0.4, -0.2) is 17.9 Å². The molecule has 1 aliphatic carbocycles. The number of benzene rings is 3. The molecule has 2 atom stereocenters. The summed E-state index contributed by atoms with van der Waals surface area (Å²) in [7, 11) is 0. The van der Waals surface area contributed by atoms with Gasteiger partial charge in [0, 0.05) is 11.5 Å². The number of esters is 1. The van der Waals surface area contributed by atoms with Crippen molar-refractivity contribution in [3.05, 3.63) is 96.1 Å². The summed E-state index contributed by atoms with van der Waals surface area (Å²) in [6, 6.07) is 27.7. The SMILES string of the molecule is CC(C)(c1ccc(-c2ccccc2)cc1)[C@H]1CCCC[C@@H]1OC(=O)C(=O)c1ccccc1. The molecule has 0 spiro atoms. The maximum Gasteiger partial charge on any atom is 0.379 e. The van der Waals surface area contributed by atoms with Gasteiger partial charge in [-0.2, -0.15) is 0 Å². The molecule has 0 aliphatic heterocycles. The number of rotatable bonds is 6. The topological polar surface area (TPSA) is 43.4 Å². The largest absolute Gasteiger partial charge is 0.456 e. The lowest BCUT2D eigenvalue weighted by Crippen LogP contribution is -2.42. The first-order chi connectivity index (χ1) is 15.5. The van der Waals surface area contributed by atoms with Crippen molar-refractivity contribution in [1.82, 2.24) is 0 Å². The predicted octanol–water partition coefficient (Wildman–Crippen LogP) is 6.62. The molecule has 3 heteroatoms. The van der Waals surface area contributed by atoms with Gasteiger partial charge in [-0.1, -0.05) is 105 Å². The average molecular weight is 427 g/mol. The standard InChI is InChI=1S/C29H30O3/c1-29(2,24-19-17-22(18-20-24)21-11-5-3-6-12-21)25-15-9-10-16-26(25)32-28(31)27(30)23-13-7-4-8-14-23/h3-8,11-14,17-20,25-26H,9-10,15-16H2,1-2H3/t25-,26-/m0/s1. The maximum atomic E-state index is 12.7. The van der Waals surface area contributed by atoms with E-state index in [1.54, 1.807) is 24.3 Å². The van der Waals surface area contributed by atoms with Crippen LogP contribution in [0.25, 0.3) is 11.1 Å². The summed E-state index contributed by atoms with van der Waals surface area (Å²) >= 11 is 0. The molecule has 3 aromatic carbocycles. The van der Waals surface area contributed by atoms with E-state index in [-0.39, 0.29) is 17.4 Å². The van der Waals surface area contributed by atoms with Crippen LogP contribution >= 0.6 is 0 Å². The first-order valence-electron chi connectivity index (χ1n) is 11.4. The fourth-order valence-corrected chi connectivity index (χ4v) is 4.90. The van der Waals surface area contributed by atoms with Crippen LogP contribution in [0.4, 0.5) is 0 Å². The van der Waals surface area contributed by atoms with Crippen molar-refractivity contribution in [3.8, 4) is 11.1 Å². The van der Waals surface area contributed by atoms with E-state index in [2.05, 4.69) is 50.2 Å². The van der Waals surface area contributed by atoms with Crippen molar-refractivity contribution in [2.24, 2.45) is 5.92 Å². The molecule has 3 nitrogen and oxygen atoms in total. The van der Waals surface area contributed by atoms with Crippen LogP contribution in [0.1, 0.15) is 55.5 Å². The molecule has 0 saturated heterocycles. The van der Waals surface area contributed by atoms with Crippen LogP contribution in [-0.2, 0) is 14.9 Å². The van der Waals surface area contributed by atoms with Gasteiger partial charge in [-0.3, -0.25) is 4.79 Å². The first-order valence-corrected chi connectivity index (χ1v) is 11.4. The minimum Gasteiger partial charge on any atom is -0.456 e. The number of Topliss-reactive ketones (excluding diaryl/α,β-unsaturated/α-hetero) is 1. The molecule has 1 fully saturated rings. The number of carbonyl (C=O) groups excluding carboxylic acids is 2. The van der Waals surface area contributed by atoms with Crippen LogP contribution in [0.3, 0.4) is 0 Å². The lowest BCUT2D eigenvalue weighted by molar-refractivity contribution is -0.149. The molecule has 0 N–H and O–H groups in total. The van der Waals surface area contributed by atoms with E-state index in [4.69, 9.17) is 4.74 Å². The molecule has 4 rings (SSSR count). The lowest BCUT2D eigenvalue weighted by atomic mass is 9.66. The molecular weight excluding hydrogens is 396 g/mol. The van der Waals surface area contributed by atoms with Gasteiger partial charge in [-0.25, -0.2) is 4.79 Å². The Morgan fingerprint density at radius 3 is 1.97 bits per heavy atom. The van der Waals surface area contributed by atoms with E-state index in [1.807, 2.05) is 24.3 Å². The predicted molar refractivity (Wildman–Crippen MR) is 128 cm³/mol. The summed E-state index contributed by atoms with van der Waals surface area (Å²) < 4.78 is 5.83. The van der Waals surface area contributed by atoms with Crippen LogP contribution in [0.15, 0.2) is 84.9 Å². The Balaban J connectivity index is 1.52. The van der Waals surface area contributed by atoms with Crippen LogP contribution < -0.4 is 0 Å². The molecule has 164 valence electrons. The highest BCUT2D eigenvalue weighted by Crippen LogP contribution is 2.42. The molecule has 0 amide bonds. The Morgan fingerprint density at radius 2 is 1.31 bits per heavy atom. The maximum absolute atomic E-state index is 12.7. The molecular formula is C29H30O3. The molecule has 0 aromatic heterocycles. The highest BCUT2D eigenvalue weighted by Gasteiger charge is 2.41. The van der Waals surface area contributed by atoms with Gasteiger partial charge in [0.2, 0.25) is 0 Å². The van der Waals surface area contributed by atoms with Crippen LogP contribution in [0, 0.1) is 5.92 Å². The summed E-state index contributed by atoms with van der Waals surface area (Å²) in [4.78, 5) is 25.2. The number of carbonyl (C=O) groups is 2. The van der Waals surface area contributed by atoms with Crippen LogP contribution in [0.5, 0.6) is 0 Å². The minimum absolute atomic E-state index is 0.159. The summed E-state index contributed by atoms with van der Waals surface area (Å²) in [5.74, 6) is -1.16. The molecule has 1 saturated carbocycles. The van der Waals surface area contributed by atoms with Gasteiger partial charge in [-0.05, 0) is 41.4 Å². The molecule has 0 radical (unpaired) electrons. The second-order valence-corrected chi connectivity index (χ2v) is 9.19. The van der Waals surface area contributed by atoms with Gasteiger partial charge in [0.25, 0.3) is 5.78 Å². The summed E-state index contributed by atoms with van der Waals surface area (Å²) in [6.45, 7) is 4.45. The smallest absolute Gasteiger partial charge is 0.379 e. The Kier molecular flexibility index (Phi) is 6.55. The Morgan fingerprint density at radius 1 is 0.750 bits per heavy atom. The van der Waals surface area contributed by atoms with Crippen molar-refractivity contribution in [2.75, 3.05) is 0 Å². The number of hydrogen-bond donors (Lipinski definition) is 0. The third-order valence-corrected chi connectivity index (χ3v) is 6.85. The number of hydrogen-bond acceptors (Lipinski definition) is 3. The van der Waals surface area contributed by atoms with E-state index in [0.717, 1.165) is 25.7 Å². The van der Waals surface area contributed by atoms with Gasteiger partial charge in [-0.15, -0.1) is 0 Å². The second-order valence-electron chi connectivity index (χ2n) is 9.19. The zero-order chi connectivity index (χ0) is 22.6. The third kappa shape index (κ3) is 4.67. The molecule has 0 heterocycles. The van der Waals surface area contributed by atoms with Gasteiger partial charge in [0.1, 0.15) is 6.10 Å². The summed E-state index contributed by atoms with van der Waals surface area (Å²) in [5.41, 5.74) is 3.79. The van der Waals surface area contributed by atoms with Gasteiger partial charge >= 0.3 is 5.97 Å². The Bertz CT molecular complexity index is 1050. The minimum atomic E-state index is -0.747. The van der Waals surface area contributed by atoms with Crippen molar-refractivity contribution in [2.45, 2.75) is 51.0 Å². The molecule has 0 bridgehead atoms. The van der Waals surface area contributed by atoms with Crippen LogP contribution in [0.2, 0.25) is 0 Å². The third-order valence-electron chi connectivity index (χ3n) is 6.85. The number of ether oxygens (including phenoxy) is 1.